The van der Waals surface area contributed by atoms with Crippen molar-refractivity contribution < 1.29 is 19.4 Å². The molecule has 5 nitrogen and oxygen atoms in total. The number of benzene rings is 2. The number of hydrogen-bond donors (Lipinski definition) is 1. The Morgan fingerprint density at radius 3 is 2.04 bits per heavy atom. The number of carbonyl (C=O) groups excluding carboxylic acids is 2. The van der Waals surface area contributed by atoms with Crippen LogP contribution < -0.4 is 9.64 Å². The van der Waals surface area contributed by atoms with Gasteiger partial charge in [0.25, 0.3) is 5.91 Å². The Kier molecular flexibility index (Phi) is 4.55. The fourth-order valence-corrected chi connectivity index (χ4v) is 3.06. The van der Waals surface area contributed by atoms with E-state index in [0.29, 0.717) is 17.0 Å². The molecule has 0 spiro atoms. The van der Waals surface area contributed by atoms with Gasteiger partial charge < -0.3 is 9.84 Å². The van der Waals surface area contributed by atoms with Gasteiger partial charge in [0, 0.05) is 0 Å². The average molecular weight is 351 g/mol. The molecule has 134 valence electrons. The molecule has 0 saturated carbocycles. The molecule has 1 heterocycles. The molecule has 0 unspecified atom stereocenters. The predicted octanol–water partition coefficient (Wildman–Crippen LogP) is 3.93. The lowest BCUT2D eigenvalue weighted by Gasteiger charge is -2.16. The lowest BCUT2D eigenvalue weighted by Crippen LogP contribution is -2.31. The molecule has 0 atom stereocenters. The molecule has 26 heavy (non-hydrogen) atoms. The van der Waals surface area contributed by atoms with E-state index in [2.05, 4.69) is 0 Å². The standard InChI is InChI=1S/C21H21NO4/c1-12(2)26-17-7-5-15(6-8-17)18-19(23)21(25)22(20(18)24)16-10-13(3)9-14(4)11-16/h5-12,23H,1-4H3. The molecule has 1 aliphatic rings. The predicted molar refractivity (Wildman–Crippen MR) is 100 cm³/mol. The number of nitrogens with zero attached hydrogens (tertiary/aromatic N) is 1. The first-order valence-electron chi connectivity index (χ1n) is 8.45. The zero-order valence-corrected chi connectivity index (χ0v) is 15.2. The summed E-state index contributed by atoms with van der Waals surface area (Å²) in [5.74, 6) is -1.12. The lowest BCUT2D eigenvalue weighted by atomic mass is 10.1. The van der Waals surface area contributed by atoms with Gasteiger partial charge in [-0.2, -0.15) is 0 Å². The third-order valence-corrected chi connectivity index (χ3v) is 4.04. The molecule has 0 aromatic heterocycles. The average Bonchev–Trinajstić information content (AvgIpc) is 2.76. The zero-order chi connectivity index (χ0) is 19.0. The zero-order valence-electron chi connectivity index (χ0n) is 15.2. The van der Waals surface area contributed by atoms with Crippen LogP contribution in [0.25, 0.3) is 5.57 Å². The highest BCUT2D eigenvalue weighted by Crippen LogP contribution is 2.33. The van der Waals surface area contributed by atoms with Gasteiger partial charge in [0.1, 0.15) is 5.75 Å². The van der Waals surface area contributed by atoms with Crippen molar-refractivity contribution >= 4 is 23.1 Å². The van der Waals surface area contributed by atoms with Crippen LogP contribution in [0.15, 0.2) is 48.2 Å². The number of rotatable bonds is 4. The summed E-state index contributed by atoms with van der Waals surface area (Å²) in [5.41, 5.74) is 2.81. The highest BCUT2D eigenvalue weighted by molar-refractivity contribution is 6.44. The number of ether oxygens (including phenoxy) is 1. The molecule has 1 aliphatic heterocycles. The third kappa shape index (κ3) is 3.20. The molecule has 2 amide bonds. The molecule has 0 radical (unpaired) electrons. The van der Waals surface area contributed by atoms with Crippen LogP contribution in [0, 0.1) is 13.8 Å². The van der Waals surface area contributed by atoms with Crippen molar-refractivity contribution in [1.82, 2.24) is 0 Å². The molecule has 0 saturated heterocycles. The van der Waals surface area contributed by atoms with Crippen molar-refractivity contribution in [2.24, 2.45) is 0 Å². The summed E-state index contributed by atoms with van der Waals surface area (Å²) in [7, 11) is 0. The van der Waals surface area contributed by atoms with Crippen LogP contribution in [0.3, 0.4) is 0 Å². The second kappa shape index (κ2) is 6.67. The molecular formula is C21H21NO4. The maximum atomic E-state index is 12.9. The van der Waals surface area contributed by atoms with Crippen molar-refractivity contribution in [2.45, 2.75) is 33.8 Å². The number of aliphatic hydroxyl groups excluding tert-OH is 1. The summed E-state index contributed by atoms with van der Waals surface area (Å²) in [4.78, 5) is 26.4. The first kappa shape index (κ1) is 17.7. The summed E-state index contributed by atoms with van der Waals surface area (Å²) in [6, 6.07) is 12.2. The van der Waals surface area contributed by atoms with Gasteiger partial charge in [-0.25, -0.2) is 4.90 Å². The normalized spacial score (nSPS) is 14.6. The number of hydrogen-bond acceptors (Lipinski definition) is 4. The number of amides is 2. The van der Waals surface area contributed by atoms with Gasteiger partial charge in [0.05, 0.1) is 17.4 Å². The molecular weight excluding hydrogens is 330 g/mol. The van der Waals surface area contributed by atoms with Gasteiger partial charge in [0.2, 0.25) is 0 Å². The highest BCUT2D eigenvalue weighted by atomic mass is 16.5. The third-order valence-electron chi connectivity index (χ3n) is 4.04. The largest absolute Gasteiger partial charge is 0.502 e. The van der Waals surface area contributed by atoms with E-state index >= 15 is 0 Å². The smallest absolute Gasteiger partial charge is 0.301 e. The van der Waals surface area contributed by atoms with Crippen LogP contribution in [0.2, 0.25) is 0 Å². The van der Waals surface area contributed by atoms with E-state index < -0.39 is 17.6 Å². The van der Waals surface area contributed by atoms with Gasteiger partial charge in [0.15, 0.2) is 5.76 Å². The fraction of sp³-hybridized carbons (Fsp3) is 0.238. The number of imide groups is 1. The van der Waals surface area contributed by atoms with Crippen LogP contribution in [-0.4, -0.2) is 23.0 Å². The van der Waals surface area contributed by atoms with Crippen LogP contribution in [0.1, 0.15) is 30.5 Å². The monoisotopic (exact) mass is 351 g/mol. The summed E-state index contributed by atoms with van der Waals surface area (Å²) in [6.45, 7) is 7.62. The van der Waals surface area contributed by atoms with E-state index in [4.69, 9.17) is 4.74 Å². The first-order chi connectivity index (χ1) is 12.3. The Hall–Kier alpha value is -3.08. The van der Waals surface area contributed by atoms with Crippen molar-refractivity contribution in [1.29, 1.82) is 0 Å². The summed E-state index contributed by atoms with van der Waals surface area (Å²) >= 11 is 0. The summed E-state index contributed by atoms with van der Waals surface area (Å²) < 4.78 is 5.58. The maximum absolute atomic E-state index is 12.9. The van der Waals surface area contributed by atoms with E-state index in [1.165, 1.54) is 0 Å². The molecule has 5 heteroatoms. The SMILES string of the molecule is Cc1cc(C)cc(N2C(=O)C(O)=C(c3ccc(OC(C)C)cc3)C2=O)c1. The molecule has 0 aliphatic carbocycles. The minimum absolute atomic E-state index is 0.00487. The van der Waals surface area contributed by atoms with E-state index in [1.807, 2.05) is 33.8 Å². The molecule has 3 rings (SSSR count). The number of anilines is 1. The van der Waals surface area contributed by atoms with Crippen LogP contribution in [0.4, 0.5) is 5.69 Å². The second-order valence-corrected chi connectivity index (χ2v) is 6.71. The van der Waals surface area contributed by atoms with E-state index in [1.54, 1.807) is 36.4 Å². The van der Waals surface area contributed by atoms with Gasteiger partial charge in [-0.3, -0.25) is 9.59 Å². The number of carbonyl (C=O) groups is 2. The summed E-state index contributed by atoms with van der Waals surface area (Å²) in [5, 5.41) is 10.3. The molecule has 2 aromatic carbocycles. The Balaban J connectivity index is 1.96. The molecule has 0 fully saturated rings. The van der Waals surface area contributed by atoms with Crippen LogP contribution in [-0.2, 0) is 9.59 Å². The minimum atomic E-state index is -0.711. The quantitative estimate of drug-likeness (QED) is 0.848. The maximum Gasteiger partial charge on any atom is 0.301 e. The topological polar surface area (TPSA) is 66.8 Å². The molecule has 2 aromatic rings. The van der Waals surface area contributed by atoms with Crippen molar-refractivity contribution in [3.8, 4) is 5.75 Å². The van der Waals surface area contributed by atoms with Gasteiger partial charge in [-0.1, -0.05) is 18.2 Å². The Labute approximate surface area is 152 Å². The Bertz CT molecular complexity index is 890. The number of aliphatic hydroxyl groups is 1. The minimum Gasteiger partial charge on any atom is -0.502 e. The van der Waals surface area contributed by atoms with Crippen LogP contribution in [0.5, 0.6) is 5.75 Å². The molecule has 1 N–H and O–H groups in total. The first-order valence-corrected chi connectivity index (χ1v) is 8.45. The van der Waals surface area contributed by atoms with Gasteiger partial charge in [-0.05, 0) is 68.7 Å². The Morgan fingerprint density at radius 1 is 0.923 bits per heavy atom. The van der Waals surface area contributed by atoms with E-state index in [9.17, 15) is 14.7 Å². The highest BCUT2D eigenvalue weighted by Gasteiger charge is 2.40. The van der Waals surface area contributed by atoms with Crippen molar-refractivity contribution in [3.05, 3.63) is 64.9 Å². The molecule has 0 bridgehead atoms. The van der Waals surface area contributed by atoms with E-state index in [-0.39, 0.29) is 11.7 Å². The number of aryl methyl sites for hydroxylation is 2. The van der Waals surface area contributed by atoms with Crippen molar-refractivity contribution in [3.63, 3.8) is 0 Å². The van der Waals surface area contributed by atoms with Gasteiger partial charge in [-0.15, -0.1) is 0 Å². The Morgan fingerprint density at radius 2 is 1.50 bits per heavy atom. The van der Waals surface area contributed by atoms with Crippen LogP contribution >= 0.6 is 0 Å². The summed E-state index contributed by atoms with van der Waals surface area (Å²) in [6.07, 6.45) is 0.0308. The van der Waals surface area contributed by atoms with E-state index in [0.717, 1.165) is 16.0 Å². The van der Waals surface area contributed by atoms with Crippen molar-refractivity contribution in [2.75, 3.05) is 4.90 Å². The second-order valence-electron chi connectivity index (χ2n) is 6.71. The lowest BCUT2D eigenvalue weighted by molar-refractivity contribution is -0.121. The fourth-order valence-electron chi connectivity index (χ4n) is 3.06. The van der Waals surface area contributed by atoms with Gasteiger partial charge >= 0.3 is 5.91 Å².